The van der Waals surface area contributed by atoms with Crippen molar-refractivity contribution in [3.05, 3.63) is 73.1 Å². The second-order valence-electron chi connectivity index (χ2n) is 6.39. The van der Waals surface area contributed by atoms with Gasteiger partial charge in [0.2, 0.25) is 0 Å². The van der Waals surface area contributed by atoms with Crippen molar-refractivity contribution in [2.45, 2.75) is 4.90 Å². The molecule has 0 radical (unpaired) electrons. The molecule has 0 spiro atoms. The molecule has 0 bridgehead atoms. The first-order chi connectivity index (χ1) is 12.7. The van der Waals surface area contributed by atoms with Crippen LogP contribution in [-0.2, 0) is 11.2 Å². The van der Waals surface area contributed by atoms with Crippen LogP contribution in [0.1, 0.15) is 0 Å². The van der Waals surface area contributed by atoms with Crippen LogP contribution in [-0.4, -0.2) is 20.8 Å². The van der Waals surface area contributed by atoms with Gasteiger partial charge in [0.1, 0.15) is 6.26 Å². The largest absolute Gasteiger partial charge is 0.612 e. The normalized spacial score (nSPS) is 12.8. The second kappa shape index (κ2) is 5.87. The monoisotopic (exact) mass is 356 g/mol. The van der Waals surface area contributed by atoms with Crippen molar-refractivity contribution < 1.29 is 4.55 Å². The molecule has 26 heavy (non-hydrogen) atoms. The fraction of sp³-hybridized carbons (Fsp3) is 0.0455. The topological polar surface area (TPSA) is 51.7 Å². The number of H-pyrrole nitrogens is 1. The molecular weight excluding hydrogens is 340 g/mol. The number of rotatable bonds is 2. The first kappa shape index (κ1) is 15.4. The summed E-state index contributed by atoms with van der Waals surface area (Å²) in [4.78, 5) is 8.58. The van der Waals surface area contributed by atoms with E-state index in [1.54, 1.807) is 6.26 Å². The van der Waals surface area contributed by atoms with Gasteiger partial charge in [-0.15, -0.1) is 0 Å². The summed E-state index contributed by atoms with van der Waals surface area (Å²) in [6.07, 6.45) is 5.42. The summed E-state index contributed by atoms with van der Waals surface area (Å²) >= 11 is -1.05. The molecule has 2 aromatic heterocycles. The zero-order chi connectivity index (χ0) is 17.7. The molecule has 1 unspecified atom stereocenters. The summed E-state index contributed by atoms with van der Waals surface area (Å²) in [6.45, 7) is 0. The van der Waals surface area contributed by atoms with E-state index in [1.807, 2.05) is 30.6 Å². The van der Waals surface area contributed by atoms with Gasteiger partial charge in [-0.25, -0.2) is 0 Å². The molecule has 0 aliphatic carbocycles. The van der Waals surface area contributed by atoms with Gasteiger partial charge >= 0.3 is 0 Å². The van der Waals surface area contributed by atoms with Crippen molar-refractivity contribution in [2.24, 2.45) is 0 Å². The molecule has 5 aromatic rings. The zero-order valence-corrected chi connectivity index (χ0v) is 15.0. The fourth-order valence-corrected chi connectivity index (χ4v) is 4.54. The van der Waals surface area contributed by atoms with Crippen molar-refractivity contribution in [3.8, 4) is 11.1 Å². The van der Waals surface area contributed by atoms with E-state index >= 15 is 0 Å². The molecular formula is C22H16N2OS. The number of aromatic amines is 1. The van der Waals surface area contributed by atoms with Gasteiger partial charge in [-0.2, -0.15) is 0 Å². The number of fused-ring (bicyclic) bond motifs is 5. The number of hydrogen-bond acceptors (Lipinski definition) is 2. The van der Waals surface area contributed by atoms with Crippen molar-refractivity contribution in [1.82, 2.24) is 9.97 Å². The first-order valence-corrected chi connectivity index (χ1v) is 10.00. The molecule has 1 atom stereocenters. The quantitative estimate of drug-likeness (QED) is 0.438. The SMILES string of the molecule is C[S+]([O-])c1ccccc1-c1cc2[nH]c3cnccc3c2c2ccccc12. The van der Waals surface area contributed by atoms with Crippen LogP contribution in [0, 0.1) is 0 Å². The van der Waals surface area contributed by atoms with E-state index in [1.165, 1.54) is 16.2 Å². The third-order valence-electron chi connectivity index (χ3n) is 4.89. The van der Waals surface area contributed by atoms with Crippen LogP contribution in [0.25, 0.3) is 43.7 Å². The third kappa shape index (κ3) is 2.23. The number of aromatic nitrogens is 2. The molecule has 0 fully saturated rings. The number of nitrogens with zero attached hydrogens (tertiary/aromatic N) is 1. The molecule has 0 saturated heterocycles. The van der Waals surface area contributed by atoms with Crippen molar-refractivity contribution >= 4 is 43.8 Å². The van der Waals surface area contributed by atoms with E-state index in [-0.39, 0.29) is 0 Å². The van der Waals surface area contributed by atoms with Crippen LogP contribution in [0.3, 0.4) is 0 Å². The minimum atomic E-state index is -1.05. The Morgan fingerprint density at radius 1 is 0.846 bits per heavy atom. The molecule has 4 heteroatoms. The van der Waals surface area contributed by atoms with E-state index in [0.29, 0.717) is 0 Å². The summed E-state index contributed by atoms with van der Waals surface area (Å²) < 4.78 is 12.3. The maximum atomic E-state index is 12.3. The lowest BCUT2D eigenvalue weighted by molar-refractivity contribution is 0.601. The Morgan fingerprint density at radius 3 is 2.46 bits per heavy atom. The summed E-state index contributed by atoms with van der Waals surface area (Å²) in [5.74, 6) is 0. The Balaban J connectivity index is 1.97. The van der Waals surface area contributed by atoms with Gasteiger partial charge in [-0.05, 0) is 51.8 Å². The first-order valence-electron chi connectivity index (χ1n) is 8.44. The van der Waals surface area contributed by atoms with Gasteiger partial charge in [0.15, 0.2) is 4.90 Å². The van der Waals surface area contributed by atoms with Crippen molar-refractivity contribution in [3.63, 3.8) is 0 Å². The zero-order valence-electron chi connectivity index (χ0n) is 14.2. The molecule has 3 aromatic carbocycles. The highest BCUT2D eigenvalue weighted by molar-refractivity contribution is 7.90. The molecule has 3 nitrogen and oxygen atoms in total. The summed E-state index contributed by atoms with van der Waals surface area (Å²) in [5.41, 5.74) is 4.21. The van der Waals surface area contributed by atoms with Crippen molar-refractivity contribution in [1.29, 1.82) is 0 Å². The van der Waals surface area contributed by atoms with E-state index in [9.17, 15) is 4.55 Å². The standard InChI is InChI=1S/C22H16N2OS/c1-26(25)21-9-5-4-7-15(21)18-12-19-22(16-8-3-2-6-14(16)18)17-10-11-23-13-20(17)24-19/h2-13,24H,1H3. The highest BCUT2D eigenvalue weighted by Crippen LogP contribution is 2.39. The number of benzene rings is 3. The lowest BCUT2D eigenvalue weighted by Crippen LogP contribution is -2.00. The van der Waals surface area contributed by atoms with Crippen LogP contribution in [0.2, 0.25) is 0 Å². The van der Waals surface area contributed by atoms with E-state index in [4.69, 9.17) is 0 Å². The maximum Gasteiger partial charge on any atom is 0.160 e. The Kier molecular flexibility index (Phi) is 3.48. The van der Waals surface area contributed by atoms with E-state index in [2.05, 4.69) is 52.4 Å². The Hall–Kier alpha value is -2.82. The number of hydrogen-bond donors (Lipinski definition) is 1. The highest BCUT2D eigenvalue weighted by atomic mass is 32.2. The van der Waals surface area contributed by atoms with Crippen LogP contribution in [0.5, 0.6) is 0 Å². The number of pyridine rings is 1. The Morgan fingerprint density at radius 2 is 1.62 bits per heavy atom. The third-order valence-corrected chi connectivity index (χ3v) is 5.87. The fourth-order valence-electron chi connectivity index (χ4n) is 3.78. The smallest absolute Gasteiger partial charge is 0.160 e. The maximum absolute atomic E-state index is 12.3. The molecule has 126 valence electrons. The lowest BCUT2D eigenvalue weighted by atomic mass is 9.95. The second-order valence-corrected chi connectivity index (χ2v) is 7.74. The number of nitrogens with one attached hydrogen (secondary N) is 1. The summed E-state index contributed by atoms with van der Waals surface area (Å²) in [5, 5.41) is 4.73. The summed E-state index contributed by atoms with van der Waals surface area (Å²) in [6, 6.07) is 20.6. The van der Waals surface area contributed by atoms with Crippen LogP contribution >= 0.6 is 0 Å². The highest BCUT2D eigenvalue weighted by Gasteiger charge is 2.18. The van der Waals surface area contributed by atoms with E-state index < -0.39 is 11.2 Å². The Labute approximate surface area is 153 Å². The minimum absolute atomic E-state index is 0.856. The van der Waals surface area contributed by atoms with E-state index in [0.717, 1.165) is 32.4 Å². The molecule has 0 aliphatic heterocycles. The Bertz CT molecular complexity index is 1270. The summed E-state index contributed by atoms with van der Waals surface area (Å²) in [7, 11) is 0. The lowest BCUT2D eigenvalue weighted by Gasteiger charge is -2.13. The molecule has 1 N–H and O–H groups in total. The predicted molar refractivity (Wildman–Crippen MR) is 109 cm³/mol. The minimum Gasteiger partial charge on any atom is -0.612 e. The average Bonchev–Trinajstić information content (AvgIpc) is 3.06. The van der Waals surface area contributed by atoms with Gasteiger partial charge in [-0.3, -0.25) is 4.98 Å². The molecule has 0 saturated carbocycles. The molecule has 0 aliphatic rings. The van der Waals surface area contributed by atoms with Crippen molar-refractivity contribution in [2.75, 3.05) is 6.26 Å². The predicted octanol–water partition coefficient (Wildman–Crippen LogP) is 5.27. The van der Waals surface area contributed by atoms with Crippen LogP contribution < -0.4 is 0 Å². The van der Waals surface area contributed by atoms with Gasteiger partial charge in [-0.1, -0.05) is 36.4 Å². The molecule has 0 amide bonds. The van der Waals surface area contributed by atoms with Gasteiger partial charge < -0.3 is 9.54 Å². The van der Waals surface area contributed by atoms with Gasteiger partial charge in [0.05, 0.1) is 11.7 Å². The van der Waals surface area contributed by atoms with Crippen LogP contribution in [0.15, 0.2) is 78.0 Å². The average molecular weight is 356 g/mol. The van der Waals surface area contributed by atoms with Gasteiger partial charge in [0.25, 0.3) is 0 Å². The molecule has 2 heterocycles. The molecule has 5 rings (SSSR count). The van der Waals surface area contributed by atoms with Gasteiger partial charge in [0, 0.05) is 28.0 Å². The van der Waals surface area contributed by atoms with Crippen LogP contribution in [0.4, 0.5) is 0 Å².